The number of benzene rings is 1. The summed E-state index contributed by atoms with van der Waals surface area (Å²) < 4.78 is 2.11. The zero-order valence-electron chi connectivity index (χ0n) is 8.96. The van der Waals surface area contributed by atoms with Gasteiger partial charge in [-0.3, -0.25) is 0 Å². The van der Waals surface area contributed by atoms with Crippen LogP contribution in [0.2, 0.25) is 0 Å². The van der Waals surface area contributed by atoms with Gasteiger partial charge in [-0.25, -0.2) is 0 Å². The zero-order valence-corrected chi connectivity index (χ0v) is 12.9. The fourth-order valence-electron chi connectivity index (χ4n) is 1.42. The molecule has 0 fully saturated rings. The van der Waals surface area contributed by atoms with E-state index in [0.29, 0.717) is 0 Å². The first-order valence-corrected chi connectivity index (χ1v) is 6.64. The lowest BCUT2D eigenvalue weighted by Gasteiger charge is -2.12. The monoisotopic (exact) mass is 370 g/mol. The first-order valence-electron chi connectivity index (χ1n) is 5.05. The number of hydrogen-bond acceptors (Lipinski definition) is 2. The average molecular weight is 373 g/mol. The van der Waals surface area contributed by atoms with Crippen LogP contribution >= 0.6 is 44.3 Å². The van der Waals surface area contributed by atoms with E-state index < -0.39 is 0 Å². The minimum Gasteiger partial charge on any atom is -0.330 e. The van der Waals surface area contributed by atoms with Gasteiger partial charge in [0.1, 0.15) is 0 Å². The van der Waals surface area contributed by atoms with Crippen molar-refractivity contribution < 1.29 is 0 Å². The molecule has 0 aliphatic heterocycles. The Hall–Kier alpha value is 0.390. The molecule has 0 amide bonds. The van der Waals surface area contributed by atoms with Crippen molar-refractivity contribution in [2.45, 2.75) is 25.3 Å². The molecule has 0 aromatic heterocycles. The topological polar surface area (TPSA) is 52.0 Å². The second-order valence-electron chi connectivity index (χ2n) is 3.56. The molecule has 0 bridgehead atoms. The maximum absolute atomic E-state index is 6.08. The first kappa shape index (κ1) is 16.4. The van der Waals surface area contributed by atoms with Gasteiger partial charge in [-0.05, 0) is 68.9 Å². The lowest BCUT2D eigenvalue weighted by atomic mass is 10.0. The van der Waals surface area contributed by atoms with Gasteiger partial charge in [-0.1, -0.05) is 12.5 Å². The minimum absolute atomic E-state index is 0. The van der Waals surface area contributed by atoms with Crippen LogP contribution in [0.15, 0.2) is 27.1 Å². The molecule has 0 saturated heterocycles. The molecule has 0 aliphatic carbocycles. The molecule has 1 aromatic carbocycles. The largest absolute Gasteiger partial charge is 0.330 e. The molecule has 0 heterocycles. The summed E-state index contributed by atoms with van der Waals surface area (Å²) in [5.41, 5.74) is 12.7. The molecule has 92 valence electrons. The Morgan fingerprint density at radius 3 is 2.38 bits per heavy atom. The normalized spacial score (nSPS) is 12.0. The molecule has 16 heavy (non-hydrogen) atoms. The molecule has 1 atom stereocenters. The Kier molecular flexibility index (Phi) is 8.68. The van der Waals surface area contributed by atoms with Crippen LogP contribution in [-0.2, 0) is 0 Å². The van der Waals surface area contributed by atoms with Crippen molar-refractivity contribution in [3.63, 3.8) is 0 Å². The Morgan fingerprint density at radius 1 is 1.12 bits per heavy atom. The highest BCUT2D eigenvalue weighted by Gasteiger charge is 2.07. The third kappa shape index (κ3) is 5.15. The summed E-state index contributed by atoms with van der Waals surface area (Å²) in [7, 11) is 0. The van der Waals surface area contributed by atoms with Crippen LogP contribution in [0, 0.1) is 0 Å². The molecule has 5 heteroatoms. The van der Waals surface area contributed by atoms with Gasteiger partial charge in [0.2, 0.25) is 0 Å². The van der Waals surface area contributed by atoms with Gasteiger partial charge in [-0.15, -0.1) is 12.4 Å². The summed E-state index contributed by atoms with van der Waals surface area (Å²) in [4.78, 5) is 0. The Morgan fingerprint density at radius 2 is 1.81 bits per heavy atom. The van der Waals surface area contributed by atoms with E-state index >= 15 is 0 Å². The maximum atomic E-state index is 6.08. The second kappa shape index (κ2) is 8.48. The number of unbranched alkanes of at least 4 members (excludes halogenated alkanes) is 1. The standard InChI is InChI=1S/C11H16Br2N2.ClH/c12-9-5-4-8(7-10(9)13)11(15)3-1-2-6-14;/h4-5,7,11H,1-3,6,14-15H2;1H/t11-;/m1./s1. The van der Waals surface area contributed by atoms with E-state index in [9.17, 15) is 0 Å². The van der Waals surface area contributed by atoms with E-state index in [-0.39, 0.29) is 18.4 Å². The molecule has 0 radical (unpaired) electrons. The van der Waals surface area contributed by atoms with Gasteiger partial charge in [-0.2, -0.15) is 0 Å². The highest BCUT2D eigenvalue weighted by Crippen LogP contribution is 2.27. The molecule has 2 nitrogen and oxygen atoms in total. The van der Waals surface area contributed by atoms with Crippen LogP contribution < -0.4 is 11.5 Å². The summed E-state index contributed by atoms with van der Waals surface area (Å²) in [6.07, 6.45) is 3.13. The van der Waals surface area contributed by atoms with Crippen molar-refractivity contribution >= 4 is 44.3 Å². The lowest BCUT2D eigenvalue weighted by Crippen LogP contribution is -2.11. The molecule has 1 aromatic rings. The van der Waals surface area contributed by atoms with E-state index in [0.717, 1.165) is 34.8 Å². The lowest BCUT2D eigenvalue weighted by molar-refractivity contribution is 0.591. The van der Waals surface area contributed by atoms with Gasteiger partial charge in [0.25, 0.3) is 0 Å². The molecule has 0 saturated carbocycles. The second-order valence-corrected chi connectivity index (χ2v) is 5.27. The third-order valence-electron chi connectivity index (χ3n) is 2.34. The van der Waals surface area contributed by atoms with Crippen LogP contribution in [0.25, 0.3) is 0 Å². The van der Waals surface area contributed by atoms with Crippen LogP contribution in [0.3, 0.4) is 0 Å². The Labute approximate surface area is 120 Å². The number of halogens is 3. The highest BCUT2D eigenvalue weighted by molar-refractivity contribution is 9.13. The van der Waals surface area contributed by atoms with E-state index in [1.807, 2.05) is 6.07 Å². The summed E-state index contributed by atoms with van der Waals surface area (Å²) in [6.45, 7) is 0.747. The molecule has 1 rings (SSSR count). The number of hydrogen-bond donors (Lipinski definition) is 2. The summed E-state index contributed by atoms with van der Waals surface area (Å²) in [5, 5.41) is 0. The van der Waals surface area contributed by atoms with Crippen LogP contribution in [-0.4, -0.2) is 6.54 Å². The van der Waals surface area contributed by atoms with Gasteiger partial charge in [0.05, 0.1) is 0 Å². The SMILES string of the molecule is Cl.NCCCC[C@@H](N)c1ccc(Br)c(Br)c1. The smallest absolute Gasteiger partial charge is 0.0320 e. The molecule has 4 N–H and O–H groups in total. The molecule has 0 spiro atoms. The van der Waals surface area contributed by atoms with Gasteiger partial charge in [0.15, 0.2) is 0 Å². The summed E-state index contributed by atoms with van der Waals surface area (Å²) >= 11 is 6.91. The predicted molar refractivity (Wildman–Crippen MR) is 78.9 cm³/mol. The van der Waals surface area contributed by atoms with Gasteiger partial charge < -0.3 is 11.5 Å². The van der Waals surface area contributed by atoms with Crippen molar-refractivity contribution in [2.75, 3.05) is 6.54 Å². The molecule has 0 unspecified atom stereocenters. The van der Waals surface area contributed by atoms with Crippen molar-refractivity contribution in [3.05, 3.63) is 32.7 Å². The molecular weight excluding hydrogens is 355 g/mol. The van der Waals surface area contributed by atoms with Gasteiger partial charge >= 0.3 is 0 Å². The quantitative estimate of drug-likeness (QED) is 0.773. The number of nitrogens with two attached hydrogens (primary N) is 2. The highest BCUT2D eigenvalue weighted by atomic mass is 79.9. The van der Waals surface area contributed by atoms with E-state index in [2.05, 4.69) is 44.0 Å². The van der Waals surface area contributed by atoms with Crippen molar-refractivity contribution in [1.82, 2.24) is 0 Å². The molecular formula is C11H17Br2ClN2. The van der Waals surface area contributed by atoms with Crippen LogP contribution in [0.4, 0.5) is 0 Å². The Balaban J connectivity index is 0.00000225. The van der Waals surface area contributed by atoms with Gasteiger partial charge in [0, 0.05) is 15.0 Å². The first-order chi connectivity index (χ1) is 7.15. The van der Waals surface area contributed by atoms with Crippen molar-refractivity contribution in [3.8, 4) is 0 Å². The van der Waals surface area contributed by atoms with E-state index in [1.165, 1.54) is 5.56 Å². The average Bonchev–Trinajstić information content (AvgIpc) is 2.22. The summed E-state index contributed by atoms with van der Waals surface area (Å²) in [6, 6.07) is 6.25. The van der Waals surface area contributed by atoms with Crippen molar-refractivity contribution in [2.24, 2.45) is 11.5 Å². The Bertz CT molecular complexity index is 321. The third-order valence-corrected chi connectivity index (χ3v) is 4.22. The minimum atomic E-state index is 0. The predicted octanol–water partition coefficient (Wildman–Crippen LogP) is 3.76. The zero-order chi connectivity index (χ0) is 11.3. The molecule has 0 aliphatic rings. The van der Waals surface area contributed by atoms with Crippen LogP contribution in [0.5, 0.6) is 0 Å². The summed E-state index contributed by atoms with van der Waals surface area (Å²) in [5.74, 6) is 0. The van der Waals surface area contributed by atoms with Crippen LogP contribution in [0.1, 0.15) is 30.9 Å². The fourth-order valence-corrected chi connectivity index (χ4v) is 2.06. The van der Waals surface area contributed by atoms with Crippen molar-refractivity contribution in [1.29, 1.82) is 0 Å². The van der Waals surface area contributed by atoms with E-state index in [4.69, 9.17) is 11.5 Å². The maximum Gasteiger partial charge on any atom is 0.0320 e. The fraction of sp³-hybridized carbons (Fsp3) is 0.455. The van der Waals surface area contributed by atoms with E-state index in [1.54, 1.807) is 0 Å². The number of rotatable bonds is 5.